The average molecular weight is 411 g/mol. The Morgan fingerprint density at radius 1 is 0.967 bits per heavy atom. The number of methoxy groups -OCH3 is 2. The summed E-state index contributed by atoms with van der Waals surface area (Å²) in [6, 6.07) is 8.61. The van der Waals surface area contributed by atoms with E-state index in [1.165, 1.54) is 44.6 Å². The molecule has 2 aromatic carbocycles. The van der Waals surface area contributed by atoms with Crippen LogP contribution in [0, 0.1) is 0 Å². The topological polar surface area (TPSA) is 108 Å². The van der Waals surface area contributed by atoms with E-state index < -0.39 is 23.4 Å². The smallest absolute Gasteiger partial charge is 0.339 e. The van der Waals surface area contributed by atoms with Crippen molar-refractivity contribution < 1.29 is 33.4 Å². The van der Waals surface area contributed by atoms with Gasteiger partial charge in [-0.1, -0.05) is 0 Å². The van der Waals surface area contributed by atoms with E-state index in [1.807, 2.05) is 13.8 Å². The van der Waals surface area contributed by atoms with Gasteiger partial charge in [-0.3, -0.25) is 9.59 Å². The zero-order valence-electron chi connectivity index (χ0n) is 17.0. The van der Waals surface area contributed by atoms with Gasteiger partial charge in [0.25, 0.3) is 5.91 Å². The first-order valence-corrected chi connectivity index (χ1v) is 9.13. The average Bonchev–Trinajstić information content (AvgIpc) is 2.71. The van der Waals surface area contributed by atoms with E-state index in [0.29, 0.717) is 11.3 Å². The highest BCUT2D eigenvalue weighted by Crippen LogP contribution is 2.33. The summed E-state index contributed by atoms with van der Waals surface area (Å²) in [4.78, 5) is 49.1. The zero-order chi connectivity index (χ0) is 22.1. The van der Waals surface area contributed by atoms with Crippen LogP contribution in [0.1, 0.15) is 61.7 Å². The first kappa shape index (κ1) is 21.0. The molecule has 1 aliphatic rings. The molecule has 1 N–H and O–H groups in total. The van der Waals surface area contributed by atoms with E-state index in [2.05, 4.69) is 10.1 Å². The van der Waals surface area contributed by atoms with Crippen LogP contribution in [-0.2, 0) is 9.47 Å². The van der Waals surface area contributed by atoms with Gasteiger partial charge in [-0.15, -0.1) is 0 Å². The number of carbonyl (C=O) groups excluding carboxylic acids is 4. The first-order chi connectivity index (χ1) is 14.1. The Morgan fingerprint density at radius 3 is 2.30 bits per heavy atom. The van der Waals surface area contributed by atoms with Crippen LogP contribution in [0.15, 0.2) is 36.4 Å². The number of amides is 1. The lowest BCUT2D eigenvalue weighted by Gasteiger charge is -2.31. The summed E-state index contributed by atoms with van der Waals surface area (Å²) in [6.07, 6.45) is 0.193. The third-order valence-electron chi connectivity index (χ3n) is 4.61. The van der Waals surface area contributed by atoms with Crippen LogP contribution in [0.3, 0.4) is 0 Å². The van der Waals surface area contributed by atoms with Crippen LogP contribution in [0.2, 0.25) is 0 Å². The number of anilines is 1. The van der Waals surface area contributed by atoms with Gasteiger partial charge in [0.05, 0.1) is 43.0 Å². The molecule has 0 fully saturated rings. The van der Waals surface area contributed by atoms with Crippen molar-refractivity contribution >= 4 is 29.3 Å². The first-order valence-electron chi connectivity index (χ1n) is 9.13. The summed E-state index contributed by atoms with van der Waals surface area (Å²) in [5.74, 6) is -1.59. The van der Waals surface area contributed by atoms with E-state index in [4.69, 9.17) is 9.47 Å². The Labute approximate surface area is 173 Å². The van der Waals surface area contributed by atoms with Crippen molar-refractivity contribution in [1.82, 2.24) is 0 Å². The summed E-state index contributed by atoms with van der Waals surface area (Å²) in [6.45, 7) is 3.63. The maximum atomic E-state index is 12.8. The highest BCUT2D eigenvalue weighted by atomic mass is 16.5. The minimum absolute atomic E-state index is 0.0672. The Balaban J connectivity index is 1.94. The monoisotopic (exact) mass is 411 g/mol. The number of benzene rings is 2. The molecular weight excluding hydrogens is 390 g/mol. The normalized spacial score (nSPS) is 14.2. The number of rotatable bonds is 4. The van der Waals surface area contributed by atoms with E-state index in [0.717, 1.165) is 0 Å². The van der Waals surface area contributed by atoms with Crippen LogP contribution in [0.5, 0.6) is 5.75 Å². The number of fused-ring (bicyclic) bond motifs is 1. The number of hydrogen-bond donors (Lipinski definition) is 1. The van der Waals surface area contributed by atoms with Gasteiger partial charge in [0.15, 0.2) is 5.78 Å². The summed E-state index contributed by atoms with van der Waals surface area (Å²) in [5.41, 5.74) is 0.200. The lowest BCUT2D eigenvalue weighted by molar-refractivity contribution is 0.0587. The number of Topliss-reactive ketones (excluding diaryl/α,β-unsaturated/α-hetero) is 1. The number of ketones is 1. The molecule has 8 heteroatoms. The van der Waals surface area contributed by atoms with Crippen LogP contribution >= 0.6 is 0 Å². The third-order valence-corrected chi connectivity index (χ3v) is 4.61. The molecule has 0 saturated carbocycles. The second-order valence-electron chi connectivity index (χ2n) is 7.37. The summed E-state index contributed by atoms with van der Waals surface area (Å²) < 4.78 is 15.2. The molecule has 30 heavy (non-hydrogen) atoms. The molecular formula is C22H21NO7. The molecule has 0 aromatic heterocycles. The maximum absolute atomic E-state index is 12.8. The fourth-order valence-electron chi connectivity index (χ4n) is 3.17. The second-order valence-corrected chi connectivity index (χ2v) is 7.37. The van der Waals surface area contributed by atoms with Crippen LogP contribution in [-0.4, -0.2) is 43.4 Å². The van der Waals surface area contributed by atoms with Crippen molar-refractivity contribution in [2.24, 2.45) is 0 Å². The molecule has 8 nitrogen and oxygen atoms in total. The van der Waals surface area contributed by atoms with Crippen molar-refractivity contribution in [3.8, 4) is 5.75 Å². The van der Waals surface area contributed by atoms with Crippen LogP contribution < -0.4 is 10.1 Å². The van der Waals surface area contributed by atoms with Crippen molar-refractivity contribution in [1.29, 1.82) is 0 Å². The van der Waals surface area contributed by atoms with Crippen LogP contribution in [0.4, 0.5) is 5.69 Å². The molecule has 2 aromatic rings. The molecule has 0 bridgehead atoms. The van der Waals surface area contributed by atoms with Gasteiger partial charge in [0.1, 0.15) is 11.4 Å². The molecule has 1 amide bonds. The highest BCUT2D eigenvalue weighted by molar-refractivity contribution is 6.10. The van der Waals surface area contributed by atoms with Crippen LogP contribution in [0.25, 0.3) is 0 Å². The molecule has 0 unspecified atom stereocenters. The van der Waals surface area contributed by atoms with E-state index >= 15 is 0 Å². The van der Waals surface area contributed by atoms with Crippen molar-refractivity contribution in [2.45, 2.75) is 25.9 Å². The number of nitrogens with one attached hydrogen (secondary N) is 1. The quantitative estimate of drug-likeness (QED) is 0.769. The fourth-order valence-corrected chi connectivity index (χ4v) is 3.17. The van der Waals surface area contributed by atoms with Gasteiger partial charge < -0.3 is 19.5 Å². The molecule has 0 atom stereocenters. The summed E-state index contributed by atoms with van der Waals surface area (Å²) in [7, 11) is 2.43. The van der Waals surface area contributed by atoms with Gasteiger partial charge in [-0.25, -0.2) is 9.59 Å². The van der Waals surface area contributed by atoms with Gasteiger partial charge in [-0.2, -0.15) is 0 Å². The molecule has 0 saturated heterocycles. The van der Waals surface area contributed by atoms with E-state index in [-0.39, 0.29) is 34.6 Å². The van der Waals surface area contributed by atoms with Crippen molar-refractivity contribution in [2.75, 3.05) is 19.5 Å². The summed E-state index contributed by atoms with van der Waals surface area (Å²) >= 11 is 0. The molecule has 3 rings (SSSR count). The molecule has 0 aliphatic carbocycles. The Kier molecular flexibility index (Phi) is 5.60. The maximum Gasteiger partial charge on any atom is 0.339 e. The van der Waals surface area contributed by atoms with E-state index in [1.54, 1.807) is 6.07 Å². The fraction of sp³-hybridized carbons (Fsp3) is 0.273. The van der Waals surface area contributed by atoms with Gasteiger partial charge in [0.2, 0.25) is 0 Å². The SMILES string of the molecule is COC(=O)c1ccc(C(=O)OC)c(NC(=O)c2ccc3c(c2)C(=O)CC(C)(C)O3)c1. The van der Waals surface area contributed by atoms with Gasteiger partial charge >= 0.3 is 11.9 Å². The lowest BCUT2D eigenvalue weighted by atomic mass is 9.92. The number of ether oxygens (including phenoxy) is 3. The highest BCUT2D eigenvalue weighted by Gasteiger charge is 2.33. The van der Waals surface area contributed by atoms with Crippen molar-refractivity contribution in [3.05, 3.63) is 58.7 Å². The van der Waals surface area contributed by atoms with Gasteiger partial charge in [0, 0.05) is 5.56 Å². The summed E-state index contributed by atoms with van der Waals surface area (Å²) in [5, 5.41) is 2.60. The molecule has 1 aliphatic heterocycles. The zero-order valence-corrected chi connectivity index (χ0v) is 17.0. The van der Waals surface area contributed by atoms with Gasteiger partial charge in [-0.05, 0) is 50.2 Å². The number of esters is 2. The standard InChI is InChI=1S/C22H21NO7/c1-22(2)11-17(24)15-9-12(6-8-18(15)30-22)19(25)23-16-10-13(20(26)28-3)5-7-14(16)21(27)29-4/h5-10H,11H2,1-4H3,(H,23,25). The predicted octanol–water partition coefficient (Wildman–Crippen LogP) is 3.26. The largest absolute Gasteiger partial charge is 0.487 e. The molecule has 0 radical (unpaired) electrons. The Hall–Kier alpha value is -3.68. The molecule has 156 valence electrons. The number of carbonyl (C=O) groups is 4. The minimum atomic E-state index is -0.682. The van der Waals surface area contributed by atoms with Crippen molar-refractivity contribution in [3.63, 3.8) is 0 Å². The molecule has 0 spiro atoms. The second kappa shape index (κ2) is 7.98. The number of hydrogen-bond acceptors (Lipinski definition) is 7. The minimum Gasteiger partial charge on any atom is -0.487 e. The Bertz CT molecular complexity index is 1060. The Morgan fingerprint density at radius 2 is 1.63 bits per heavy atom. The lowest BCUT2D eigenvalue weighted by Crippen LogP contribution is -2.36. The predicted molar refractivity (Wildman–Crippen MR) is 107 cm³/mol. The van der Waals surface area contributed by atoms with E-state index in [9.17, 15) is 19.2 Å². The molecule has 1 heterocycles. The third kappa shape index (κ3) is 4.17.